The molecule has 0 spiro atoms. The van der Waals surface area contributed by atoms with Crippen molar-refractivity contribution in [2.45, 2.75) is 33.1 Å². The summed E-state index contributed by atoms with van der Waals surface area (Å²) in [6, 6.07) is 0. The fraction of sp³-hybridized carbons (Fsp3) is 0.800. The van der Waals surface area contributed by atoms with Gasteiger partial charge in [-0.2, -0.15) is 0 Å². The quantitative estimate of drug-likeness (QED) is 0.693. The molecule has 0 atom stereocenters. The van der Waals surface area contributed by atoms with Gasteiger partial charge >= 0.3 is 0 Å². The van der Waals surface area contributed by atoms with Crippen molar-refractivity contribution in [1.29, 1.82) is 0 Å². The Kier molecular flexibility index (Phi) is 5.04. The molecule has 0 saturated heterocycles. The first kappa shape index (κ1) is 11.0. The summed E-state index contributed by atoms with van der Waals surface area (Å²) in [6.07, 6.45) is 2.61. The second-order valence-electron chi connectivity index (χ2n) is 3.12. The average Bonchev–Trinajstić information content (AvgIpc) is 2.24. The highest BCUT2D eigenvalue weighted by molar-refractivity contribution is 5.98. The monoisotopic (exact) mass is 198 g/mol. The van der Waals surface area contributed by atoms with Crippen molar-refractivity contribution >= 4 is 11.8 Å². The Hall–Kier alpha value is -1.06. The second kappa shape index (κ2) is 6.40. The zero-order valence-corrected chi connectivity index (χ0v) is 8.95. The molecule has 0 aromatic rings. The van der Waals surface area contributed by atoms with E-state index < -0.39 is 0 Å². The molecule has 0 fully saturated rings. The molecule has 1 rings (SSSR count). The summed E-state index contributed by atoms with van der Waals surface area (Å²) >= 11 is 0. The van der Waals surface area contributed by atoms with E-state index in [-0.39, 0.29) is 0 Å². The van der Waals surface area contributed by atoms with Crippen molar-refractivity contribution in [2.75, 3.05) is 19.9 Å². The van der Waals surface area contributed by atoms with E-state index in [9.17, 15) is 0 Å². The molecule has 0 aromatic heterocycles. The zero-order chi connectivity index (χ0) is 10.2. The Morgan fingerprint density at radius 3 is 1.93 bits per heavy atom. The van der Waals surface area contributed by atoms with Crippen LogP contribution in [0.2, 0.25) is 0 Å². The highest BCUT2D eigenvalue weighted by Crippen LogP contribution is 2.03. The predicted molar refractivity (Wildman–Crippen MR) is 56.8 cm³/mol. The van der Waals surface area contributed by atoms with Crippen LogP contribution in [0.15, 0.2) is 9.98 Å². The zero-order valence-electron chi connectivity index (χ0n) is 8.95. The van der Waals surface area contributed by atoms with Crippen LogP contribution >= 0.6 is 0 Å². The Bertz CT molecular complexity index is 202. The maximum Gasteiger partial charge on any atom is 0.194 e. The fourth-order valence-electron chi connectivity index (χ4n) is 1.07. The van der Waals surface area contributed by atoms with E-state index in [0.717, 1.165) is 37.9 Å². The van der Waals surface area contributed by atoms with E-state index in [1.165, 1.54) is 0 Å². The lowest BCUT2D eigenvalue weighted by atomic mass is 10.4. The molecule has 0 bridgehead atoms. The van der Waals surface area contributed by atoms with Gasteiger partial charge in [-0.15, -0.1) is 0 Å². The van der Waals surface area contributed by atoms with Gasteiger partial charge in [0.25, 0.3) is 0 Å². The maximum absolute atomic E-state index is 5.43. The minimum Gasteiger partial charge on any atom is -0.481 e. The molecule has 1 heterocycles. The first-order valence-electron chi connectivity index (χ1n) is 5.19. The van der Waals surface area contributed by atoms with E-state index in [2.05, 4.69) is 23.8 Å². The highest BCUT2D eigenvalue weighted by atomic mass is 16.5. The van der Waals surface area contributed by atoms with Crippen LogP contribution in [0.25, 0.3) is 0 Å². The van der Waals surface area contributed by atoms with Gasteiger partial charge in [0.05, 0.1) is 19.6 Å². The van der Waals surface area contributed by atoms with E-state index in [1.807, 2.05) is 0 Å². The minimum atomic E-state index is 0.443. The molecule has 80 valence electrons. The van der Waals surface area contributed by atoms with Crippen LogP contribution in [0.3, 0.4) is 0 Å². The maximum atomic E-state index is 5.43. The van der Waals surface area contributed by atoms with Gasteiger partial charge in [0.2, 0.25) is 0 Å². The molecule has 0 radical (unpaired) electrons. The van der Waals surface area contributed by atoms with Gasteiger partial charge in [0, 0.05) is 0 Å². The van der Waals surface area contributed by atoms with Crippen molar-refractivity contribution in [3.05, 3.63) is 0 Å². The van der Waals surface area contributed by atoms with Gasteiger partial charge in [-0.05, 0) is 12.8 Å². The van der Waals surface area contributed by atoms with Gasteiger partial charge in [-0.25, -0.2) is 9.98 Å². The van der Waals surface area contributed by atoms with E-state index >= 15 is 0 Å². The van der Waals surface area contributed by atoms with Gasteiger partial charge in [0.1, 0.15) is 6.67 Å². The molecule has 4 heteroatoms. The van der Waals surface area contributed by atoms with Crippen molar-refractivity contribution in [1.82, 2.24) is 0 Å². The topological polar surface area (TPSA) is 43.2 Å². The molecule has 0 aliphatic carbocycles. The molecule has 0 N–H and O–H groups in total. The molecule has 0 unspecified atom stereocenters. The van der Waals surface area contributed by atoms with Crippen LogP contribution in [-0.2, 0) is 9.47 Å². The smallest absolute Gasteiger partial charge is 0.194 e. The van der Waals surface area contributed by atoms with Crippen LogP contribution in [0.5, 0.6) is 0 Å². The van der Waals surface area contributed by atoms with Gasteiger partial charge in [0.15, 0.2) is 11.8 Å². The Labute approximate surface area is 85.0 Å². The molecule has 0 aromatic carbocycles. The summed E-state index contributed by atoms with van der Waals surface area (Å²) in [5.74, 6) is 1.51. The fourth-order valence-corrected chi connectivity index (χ4v) is 1.07. The van der Waals surface area contributed by atoms with Gasteiger partial charge in [-0.3, -0.25) is 0 Å². The van der Waals surface area contributed by atoms with Crippen molar-refractivity contribution in [3.8, 4) is 0 Å². The summed E-state index contributed by atoms with van der Waals surface area (Å²) in [4.78, 5) is 8.30. The third kappa shape index (κ3) is 3.77. The van der Waals surface area contributed by atoms with Crippen LogP contribution in [0, 0.1) is 0 Å². The predicted octanol–water partition coefficient (Wildman–Crippen LogP) is 2.00. The van der Waals surface area contributed by atoms with Crippen molar-refractivity contribution in [2.24, 2.45) is 9.98 Å². The minimum absolute atomic E-state index is 0.443. The third-order valence-electron chi connectivity index (χ3n) is 1.74. The summed E-state index contributed by atoms with van der Waals surface area (Å²) in [6.45, 7) is 6.04. The number of nitrogens with zero attached hydrogens (tertiary/aromatic N) is 2. The number of aliphatic imine (C=N–C) groups is 2. The lowest BCUT2D eigenvalue weighted by Gasteiger charge is -2.14. The van der Waals surface area contributed by atoms with E-state index in [0.29, 0.717) is 13.1 Å². The molecular weight excluding hydrogens is 180 g/mol. The van der Waals surface area contributed by atoms with Crippen LogP contribution < -0.4 is 0 Å². The largest absolute Gasteiger partial charge is 0.481 e. The first-order chi connectivity index (χ1) is 6.86. The summed E-state index contributed by atoms with van der Waals surface area (Å²) in [5, 5.41) is 0. The lowest BCUT2D eigenvalue weighted by molar-refractivity contribution is 0.275. The Morgan fingerprint density at radius 1 is 1.00 bits per heavy atom. The highest BCUT2D eigenvalue weighted by Gasteiger charge is 2.11. The van der Waals surface area contributed by atoms with E-state index in [4.69, 9.17) is 9.47 Å². The number of rotatable bonds is 4. The van der Waals surface area contributed by atoms with Crippen LogP contribution in [-0.4, -0.2) is 31.7 Å². The molecule has 0 amide bonds. The summed E-state index contributed by atoms with van der Waals surface area (Å²) < 4.78 is 10.9. The lowest BCUT2D eigenvalue weighted by Crippen LogP contribution is -2.19. The Morgan fingerprint density at radius 2 is 1.50 bits per heavy atom. The SMILES string of the molecule is CCCOC1=NCN=C(OCCC)C1. The standard InChI is InChI=1S/C10H18N2O2/c1-3-5-13-9-7-10(12-8-11-9)14-6-4-2/h3-8H2,1-2H3. The Balaban J connectivity index is 2.27. The molecule has 14 heavy (non-hydrogen) atoms. The molecule has 1 aliphatic rings. The summed E-state index contributed by atoms with van der Waals surface area (Å²) in [7, 11) is 0. The van der Waals surface area contributed by atoms with Gasteiger partial charge in [-0.1, -0.05) is 13.8 Å². The number of hydrogen-bond donors (Lipinski definition) is 0. The molecule has 1 aliphatic heterocycles. The third-order valence-corrected chi connectivity index (χ3v) is 1.74. The first-order valence-corrected chi connectivity index (χ1v) is 5.19. The van der Waals surface area contributed by atoms with E-state index in [1.54, 1.807) is 0 Å². The number of hydrogen-bond acceptors (Lipinski definition) is 4. The van der Waals surface area contributed by atoms with Crippen LogP contribution in [0.1, 0.15) is 33.1 Å². The van der Waals surface area contributed by atoms with Gasteiger partial charge < -0.3 is 9.47 Å². The van der Waals surface area contributed by atoms with Crippen LogP contribution in [0.4, 0.5) is 0 Å². The normalized spacial score (nSPS) is 15.9. The summed E-state index contributed by atoms with van der Waals surface area (Å²) in [5.41, 5.74) is 0. The molecule has 0 saturated carbocycles. The second-order valence-corrected chi connectivity index (χ2v) is 3.12. The molecular formula is C10H18N2O2. The van der Waals surface area contributed by atoms with Crippen molar-refractivity contribution < 1.29 is 9.47 Å². The number of ether oxygens (including phenoxy) is 2. The molecule has 4 nitrogen and oxygen atoms in total. The average molecular weight is 198 g/mol. The van der Waals surface area contributed by atoms with Crippen molar-refractivity contribution in [3.63, 3.8) is 0 Å².